The van der Waals surface area contributed by atoms with Gasteiger partial charge in [0.05, 0.1) is 30.4 Å². The molecule has 11 heteroatoms. The number of nitrogen functional groups attached to an aromatic ring is 1. The Kier molecular flexibility index (Phi) is 5.56. The van der Waals surface area contributed by atoms with E-state index in [1.807, 2.05) is 0 Å². The van der Waals surface area contributed by atoms with Crippen LogP contribution in [0.1, 0.15) is 40.4 Å². The number of aromatic nitrogens is 4. The molecule has 2 heterocycles. The van der Waals surface area contributed by atoms with Crippen molar-refractivity contribution in [2.45, 2.75) is 31.6 Å². The first-order chi connectivity index (χ1) is 16.9. The van der Waals surface area contributed by atoms with Crippen LogP contribution in [0.2, 0.25) is 0 Å². The summed E-state index contributed by atoms with van der Waals surface area (Å²) in [5.74, 6) is -0.583. The first kappa shape index (κ1) is 22.3. The maximum absolute atomic E-state index is 13.7. The molecule has 4 aromatic rings. The maximum atomic E-state index is 13.7. The van der Waals surface area contributed by atoms with E-state index >= 15 is 0 Å². The van der Waals surface area contributed by atoms with E-state index in [2.05, 4.69) is 26.7 Å². The predicted molar refractivity (Wildman–Crippen MR) is 124 cm³/mol. The number of alkyl halides is 1. The highest BCUT2D eigenvalue weighted by molar-refractivity contribution is 5.99. The van der Waals surface area contributed by atoms with Crippen LogP contribution in [-0.4, -0.2) is 39.2 Å². The number of halogens is 2. The fraction of sp³-hybridized carbons (Fsp3) is 0.250. The molecule has 0 spiro atoms. The van der Waals surface area contributed by atoms with Crippen LogP contribution in [0.25, 0.3) is 22.2 Å². The molecule has 0 saturated heterocycles. The Morgan fingerprint density at radius 2 is 2.17 bits per heavy atom. The average molecular weight is 477 g/mol. The molecule has 0 radical (unpaired) electrons. The standard InChI is InChI=1S/C24H21F2N7O2/c1-35-20-5-3-13(25)8-17(20)24(34)29-10-12-2-4-16(19-11-30-31-21(12)19)22-18(9-27)23(28)33(32-22)15-6-14(26)7-15/h2-5,8,11,14-15H,6-7,10,28H2,1H3,(H,29,34)(H,30,31). The predicted octanol–water partition coefficient (Wildman–Crippen LogP) is 3.63. The molecule has 0 unspecified atom stereocenters. The molecule has 178 valence electrons. The third kappa shape index (κ3) is 3.82. The molecule has 35 heavy (non-hydrogen) atoms. The Morgan fingerprint density at radius 3 is 2.89 bits per heavy atom. The fourth-order valence-corrected chi connectivity index (χ4v) is 4.32. The van der Waals surface area contributed by atoms with E-state index in [1.54, 1.807) is 18.3 Å². The van der Waals surface area contributed by atoms with Crippen LogP contribution < -0.4 is 15.8 Å². The van der Waals surface area contributed by atoms with Crippen molar-refractivity contribution in [1.29, 1.82) is 5.26 Å². The first-order valence-electron chi connectivity index (χ1n) is 10.9. The van der Waals surface area contributed by atoms with Gasteiger partial charge in [-0.1, -0.05) is 12.1 Å². The third-order valence-corrected chi connectivity index (χ3v) is 6.26. The van der Waals surface area contributed by atoms with Crippen molar-refractivity contribution in [1.82, 2.24) is 25.3 Å². The molecule has 9 nitrogen and oxygen atoms in total. The van der Waals surface area contributed by atoms with E-state index in [9.17, 15) is 18.8 Å². The zero-order valence-corrected chi connectivity index (χ0v) is 18.7. The number of carbonyl (C=O) groups excluding carboxylic acids is 1. The number of nitrogens with two attached hydrogens (primary N) is 1. The Balaban J connectivity index is 1.45. The minimum atomic E-state index is -0.889. The Morgan fingerprint density at radius 1 is 1.37 bits per heavy atom. The largest absolute Gasteiger partial charge is 0.496 e. The van der Waals surface area contributed by atoms with Crippen LogP contribution in [0.3, 0.4) is 0 Å². The van der Waals surface area contributed by atoms with Crippen molar-refractivity contribution in [3.05, 3.63) is 59.0 Å². The van der Waals surface area contributed by atoms with Gasteiger partial charge < -0.3 is 15.8 Å². The van der Waals surface area contributed by atoms with Crippen molar-refractivity contribution in [3.63, 3.8) is 0 Å². The van der Waals surface area contributed by atoms with Crippen molar-refractivity contribution in [2.75, 3.05) is 12.8 Å². The van der Waals surface area contributed by atoms with Crippen LogP contribution in [0.4, 0.5) is 14.6 Å². The number of nitriles is 1. The number of fused-ring (bicyclic) bond motifs is 1. The zero-order chi connectivity index (χ0) is 24.7. The summed E-state index contributed by atoms with van der Waals surface area (Å²) in [6.07, 6.45) is 1.33. The average Bonchev–Trinajstić information content (AvgIpc) is 3.45. The van der Waals surface area contributed by atoms with Gasteiger partial charge in [-0.25, -0.2) is 13.5 Å². The van der Waals surface area contributed by atoms with Crippen LogP contribution in [0, 0.1) is 17.1 Å². The lowest BCUT2D eigenvalue weighted by molar-refractivity contribution is 0.0947. The van der Waals surface area contributed by atoms with Gasteiger partial charge in [-0.2, -0.15) is 15.5 Å². The molecule has 1 aliphatic rings. The van der Waals surface area contributed by atoms with E-state index < -0.39 is 17.9 Å². The number of nitrogens with zero attached hydrogens (tertiary/aromatic N) is 4. The summed E-state index contributed by atoms with van der Waals surface area (Å²) in [7, 11) is 1.40. The number of rotatable bonds is 6. The van der Waals surface area contributed by atoms with Gasteiger partial charge >= 0.3 is 0 Å². The SMILES string of the molecule is COc1ccc(F)cc1C(=O)NCc1ccc(-c2nn(C3CC(F)C3)c(N)c2C#N)c2cn[nH]c12. The van der Waals surface area contributed by atoms with Crippen molar-refractivity contribution >= 4 is 22.6 Å². The van der Waals surface area contributed by atoms with Crippen LogP contribution in [0.15, 0.2) is 36.5 Å². The molecular formula is C24H21F2N7O2. The first-order valence-corrected chi connectivity index (χ1v) is 10.9. The number of amides is 1. The van der Waals surface area contributed by atoms with Gasteiger partial charge in [0.2, 0.25) is 0 Å². The number of methoxy groups -OCH3 is 1. The fourth-order valence-electron chi connectivity index (χ4n) is 4.32. The molecule has 1 saturated carbocycles. The Hall–Kier alpha value is -4.46. The number of anilines is 1. The number of ether oxygens (including phenoxy) is 1. The Labute approximate surface area is 198 Å². The lowest BCUT2D eigenvalue weighted by Gasteiger charge is -2.30. The smallest absolute Gasteiger partial charge is 0.255 e. The molecule has 1 fully saturated rings. The van der Waals surface area contributed by atoms with E-state index in [4.69, 9.17) is 10.5 Å². The van der Waals surface area contributed by atoms with Crippen LogP contribution in [-0.2, 0) is 6.54 Å². The van der Waals surface area contributed by atoms with E-state index in [0.29, 0.717) is 35.0 Å². The summed E-state index contributed by atoms with van der Waals surface area (Å²) in [4.78, 5) is 12.7. The number of benzene rings is 2. The summed E-state index contributed by atoms with van der Waals surface area (Å²) >= 11 is 0. The lowest BCUT2D eigenvalue weighted by atomic mass is 9.91. The van der Waals surface area contributed by atoms with Gasteiger partial charge in [-0.3, -0.25) is 9.89 Å². The summed E-state index contributed by atoms with van der Waals surface area (Å²) in [5.41, 5.74) is 8.85. The van der Waals surface area contributed by atoms with E-state index in [0.717, 1.165) is 11.6 Å². The van der Waals surface area contributed by atoms with Gasteiger partial charge in [0.15, 0.2) is 0 Å². The van der Waals surface area contributed by atoms with Gasteiger partial charge in [-0.15, -0.1) is 0 Å². The second-order valence-electron chi connectivity index (χ2n) is 8.35. The van der Waals surface area contributed by atoms with Crippen molar-refractivity contribution < 1.29 is 18.3 Å². The van der Waals surface area contributed by atoms with Gasteiger partial charge in [-0.05, 0) is 23.8 Å². The Bertz CT molecular complexity index is 1480. The van der Waals surface area contributed by atoms with E-state index in [-0.39, 0.29) is 35.3 Å². The van der Waals surface area contributed by atoms with E-state index in [1.165, 1.54) is 23.9 Å². The lowest BCUT2D eigenvalue weighted by Crippen LogP contribution is -2.29. The molecule has 4 N–H and O–H groups in total. The second-order valence-corrected chi connectivity index (χ2v) is 8.35. The normalized spacial score (nSPS) is 17.1. The minimum Gasteiger partial charge on any atom is -0.496 e. The summed E-state index contributed by atoms with van der Waals surface area (Å²) in [6.45, 7) is 0.124. The molecule has 5 rings (SSSR count). The highest BCUT2D eigenvalue weighted by atomic mass is 19.1. The number of aromatic amines is 1. The topological polar surface area (TPSA) is 135 Å². The third-order valence-electron chi connectivity index (χ3n) is 6.26. The molecule has 0 aliphatic heterocycles. The molecule has 2 aromatic carbocycles. The monoisotopic (exact) mass is 477 g/mol. The number of H-pyrrole nitrogens is 1. The molecule has 1 amide bonds. The van der Waals surface area contributed by atoms with Gasteiger partial charge in [0.1, 0.15) is 40.9 Å². The molecule has 2 aromatic heterocycles. The second kappa shape index (κ2) is 8.72. The number of carbonyl (C=O) groups is 1. The van der Waals surface area contributed by atoms with Crippen molar-refractivity contribution in [3.8, 4) is 23.1 Å². The van der Waals surface area contributed by atoms with Gasteiger partial charge in [0, 0.05) is 30.3 Å². The van der Waals surface area contributed by atoms with Gasteiger partial charge in [0.25, 0.3) is 5.91 Å². The summed E-state index contributed by atoms with van der Waals surface area (Å²) in [6, 6.07) is 9.19. The summed E-state index contributed by atoms with van der Waals surface area (Å²) < 4.78 is 33.7. The molecule has 0 bridgehead atoms. The molecule has 1 aliphatic carbocycles. The molecular weight excluding hydrogens is 456 g/mol. The number of hydrogen-bond donors (Lipinski definition) is 3. The highest BCUT2D eigenvalue weighted by Gasteiger charge is 2.34. The number of nitrogens with one attached hydrogen (secondary N) is 2. The quantitative estimate of drug-likeness (QED) is 0.388. The summed E-state index contributed by atoms with van der Waals surface area (Å²) in [5, 5.41) is 24.8. The molecule has 0 atom stereocenters. The van der Waals surface area contributed by atoms with Crippen LogP contribution in [0.5, 0.6) is 5.75 Å². The van der Waals surface area contributed by atoms with Crippen LogP contribution >= 0.6 is 0 Å². The zero-order valence-electron chi connectivity index (χ0n) is 18.7. The van der Waals surface area contributed by atoms with Crippen molar-refractivity contribution in [2.24, 2.45) is 0 Å². The maximum Gasteiger partial charge on any atom is 0.255 e. The minimum absolute atomic E-state index is 0.0798. The number of hydrogen-bond acceptors (Lipinski definition) is 6. The highest BCUT2D eigenvalue weighted by Crippen LogP contribution is 2.40.